The summed E-state index contributed by atoms with van der Waals surface area (Å²) >= 11 is 1.64. The second-order valence-electron chi connectivity index (χ2n) is 4.17. The van der Waals surface area contributed by atoms with Gasteiger partial charge in [0.2, 0.25) is 5.91 Å². The number of nitrogens with two attached hydrogens (primary N) is 2. The van der Waals surface area contributed by atoms with Crippen LogP contribution in [-0.4, -0.2) is 17.8 Å². The van der Waals surface area contributed by atoms with Crippen LogP contribution in [-0.2, 0) is 4.79 Å². The molecule has 0 spiro atoms. The second kappa shape index (κ2) is 7.91. The predicted octanol–water partition coefficient (Wildman–Crippen LogP) is 1.92. The van der Waals surface area contributed by atoms with Gasteiger partial charge in [-0.1, -0.05) is 6.92 Å². The number of hydrogen-bond donors (Lipinski definition) is 3. The normalized spacial score (nSPS) is 11.9. The number of hydrogen-bond acceptors (Lipinski definition) is 5. The van der Waals surface area contributed by atoms with Crippen LogP contribution in [0.1, 0.15) is 26.7 Å². The minimum absolute atomic E-state index is 0.150. The molecule has 5 nitrogen and oxygen atoms in total. The van der Waals surface area contributed by atoms with Crippen molar-refractivity contribution in [3.63, 3.8) is 0 Å². The van der Waals surface area contributed by atoms with E-state index in [-0.39, 0.29) is 11.2 Å². The number of rotatable bonds is 7. The SMILES string of the molecule is CCOc1ccc(N)c(SC(C)CCC(=O)NN)c1. The fourth-order valence-electron chi connectivity index (χ4n) is 1.56. The molecular formula is C13H21N3O2S. The summed E-state index contributed by atoms with van der Waals surface area (Å²) in [5, 5.41) is 0.275. The zero-order valence-electron chi connectivity index (χ0n) is 11.3. The van der Waals surface area contributed by atoms with Crippen molar-refractivity contribution in [1.82, 2.24) is 5.43 Å². The van der Waals surface area contributed by atoms with Gasteiger partial charge < -0.3 is 10.5 Å². The lowest BCUT2D eigenvalue weighted by atomic mass is 10.2. The molecule has 0 aliphatic carbocycles. The summed E-state index contributed by atoms with van der Waals surface area (Å²) in [6.07, 6.45) is 1.15. The first-order valence-corrected chi connectivity index (χ1v) is 7.13. The van der Waals surface area contributed by atoms with Gasteiger partial charge in [-0.25, -0.2) is 5.84 Å². The molecule has 19 heavy (non-hydrogen) atoms. The summed E-state index contributed by atoms with van der Waals surface area (Å²) < 4.78 is 5.45. The monoisotopic (exact) mass is 283 g/mol. The fraction of sp³-hybridized carbons (Fsp3) is 0.462. The lowest BCUT2D eigenvalue weighted by Gasteiger charge is -2.13. The van der Waals surface area contributed by atoms with Crippen molar-refractivity contribution in [2.45, 2.75) is 36.8 Å². The van der Waals surface area contributed by atoms with E-state index < -0.39 is 0 Å². The Morgan fingerprint density at radius 2 is 2.26 bits per heavy atom. The Kier molecular flexibility index (Phi) is 6.52. The number of hydrazine groups is 1. The van der Waals surface area contributed by atoms with Crippen molar-refractivity contribution in [2.75, 3.05) is 12.3 Å². The minimum Gasteiger partial charge on any atom is -0.494 e. The van der Waals surface area contributed by atoms with Gasteiger partial charge in [-0.15, -0.1) is 11.8 Å². The molecule has 6 heteroatoms. The maximum atomic E-state index is 11.1. The van der Waals surface area contributed by atoms with Crippen LogP contribution in [0.4, 0.5) is 5.69 Å². The minimum atomic E-state index is -0.150. The third kappa shape index (κ3) is 5.40. The Bertz CT molecular complexity index is 426. The molecule has 0 aliphatic heterocycles. The van der Waals surface area contributed by atoms with Gasteiger partial charge in [0, 0.05) is 22.3 Å². The average Bonchev–Trinajstić information content (AvgIpc) is 2.40. The summed E-state index contributed by atoms with van der Waals surface area (Å²) in [5.41, 5.74) is 8.79. The zero-order valence-corrected chi connectivity index (χ0v) is 12.1. The lowest BCUT2D eigenvalue weighted by Crippen LogP contribution is -2.30. The molecule has 0 bridgehead atoms. The van der Waals surface area contributed by atoms with Gasteiger partial charge in [-0.05, 0) is 31.5 Å². The molecule has 0 saturated carbocycles. The number of nitrogens with one attached hydrogen (secondary N) is 1. The Morgan fingerprint density at radius 1 is 1.53 bits per heavy atom. The average molecular weight is 283 g/mol. The van der Waals surface area contributed by atoms with Crippen molar-refractivity contribution in [3.8, 4) is 5.75 Å². The van der Waals surface area contributed by atoms with Crippen LogP contribution in [0.15, 0.2) is 23.1 Å². The number of benzene rings is 1. The molecule has 0 saturated heterocycles. The van der Waals surface area contributed by atoms with Crippen molar-refractivity contribution in [2.24, 2.45) is 5.84 Å². The molecule has 0 aliphatic rings. The van der Waals surface area contributed by atoms with Gasteiger partial charge in [0.05, 0.1) is 6.61 Å². The molecule has 0 heterocycles. The first-order chi connectivity index (χ1) is 9.06. The van der Waals surface area contributed by atoms with Crippen LogP contribution >= 0.6 is 11.8 Å². The van der Waals surface area contributed by atoms with E-state index in [9.17, 15) is 4.79 Å². The molecule has 1 aromatic rings. The molecule has 1 amide bonds. The van der Waals surface area contributed by atoms with Gasteiger partial charge in [-0.3, -0.25) is 10.2 Å². The van der Waals surface area contributed by atoms with E-state index in [0.29, 0.717) is 13.0 Å². The number of ether oxygens (including phenoxy) is 1. The summed E-state index contributed by atoms with van der Waals surface area (Å²) in [6.45, 7) is 4.62. The van der Waals surface area contributed by atoms with Crippen LogP contribution in [0.25, 0.3) is 0 Å². The van der Waals surface area contributed by atoms with Crippen LogP contribution in [0, 0.1) is 0 Å². The van der Waals surface area contributed by atoms with Crippen LogP contribution in [0.5, 0.6) is 5.75 Å². The fourth-order valence-corrected chi connectivity index (χ4v) is 2.61. The van der Waals surface area contributed by atoms with E-state index in [1.165, 1.54) is 0 Å². The largest absolute Gasteiger partial charge is 0.494 e. The molecule has 0 aromatic heterocycles. The van der Waals surface area contributed by atoms with E-state index in [0.717, 1.165) is 22.8 Å². The van der Waals surface area contributed by atoms with Crippen molar-refractivity contribution in [3.05, 3.63) is 18.2 Å². The zero-order chi connectivity index (χ0) is 14.3. The van der Waals surface area contributed by atoms with Crippen LogP contribution in [0.3, 0.4) is 0 Å². The highest BCUT2D eigenvalue weighted by molar-refractivity contribution is 8.00. The maximum absolute atomic E-state index is 11.1. The Hall–Kier alpha value is -1.40. The van der Waals surface area contributed by atoms with E-state index >= 15 is 0 Å². The molecular weight excluding hydrogens is 262 g/mol. The number of amides is 1. The molecule has 106 valence electrons. The number of anilines is 1. The number of carbonyl (C=O) groups excluding carboxylic acids is 1. The topological polar surface area (TPSA) is 90.4 Å². The highest BCUT2D eigenvalue weighted by Crippen LogP contribution is 2.33. The quantitative estimate of drug-likeness (QED) is 0.234. The second-order valence-corrected chi connectivity index (χ2v) is 5.65. The summed E-state index contributed by atoms with van der Waals surface area (Å²) in [7, 11) is 0. The molecule has 0 radical (unpaired) electrons. The van der Waals surface area contributed by atoms with Crippen molar-refractivity contribution in [1.29, 1.82) is 0 Å². The molecule has 1 unspecified atom stereocenters. The van der Waals surface area contributed by atoms with E-state index in [4.69, 9.17) is 16.3 Å². The van der Waals surface area contributed by atoms with Gasteiger partial charge in [0.25, 0.3) is 0 Å². The highest BCUT2D eigenvalue weighted by atomic mass is 32.2. The highest BCUT2D eigenvalue weighted by Gasteiger charge is 2.10. The van der Waals surface area contributed by atoms with Gasteiger partial charge in [0.15, 0.2) is 0 Å². The van der Waals surface area contributed by atoms with E-state index in [1.807, 2.05) is 25.1 Å². The molecule has 1 atom stereocenters. The predicted molar refractivity (Wildman–Crippen MR) is 78.9 cm³/mol. The molecule has 5 N–H and O–H groups in total. The standard InChI is InChI=1S/C13H21N3O2S/c1-3-18-10-5-6-11(14)12(8-10)19-9(2)4-7-13(17)16-15/h5-6,8-9H,3-4,7,14-15H2,1-2H3,(H,16,17). The molecule has 0 fully saturated rings. The smallest absolute Gasteiger partial charge is 0.233 e. The first kappa shape index (κ1) is 15.7. The van der Waals surface area contributed by atoms with Crippen molar-refractivity contribution < 1.29 is 9.53 Å². The third-order valence-electron chi connectivity index (χ3n) is 2.56. The van der Waals surface area contributed by atoms with Gasteiger partial charge in [-0.2, -0.15) is 0 Å². The number of nitrogen functional groups attached to an aromatic ring is 1. The van der Waals surface area contributed by atoms with Gasteiger partial charge in [0.1, 0.15) is 5.75 Å². The van der Waals surface area contributed by atoms with E-state index in [1.54, 1.807) is 11.8 Å². The Morgan fingerprint density at radius 3 is 2.89 bits per heavy atom. The number of carbonyl (C=O) groups is 1. The van der Waals surface area contributed by atoms with Gasteiger partial charge >= 0.3 is 0 Å². The van der Waals surface area contributed by atoms with Crippen LogP contribution in [0.2, 0.25) is 0 Å². The number of thioether (sulfide) groups is 1. The summed E-state index contributed by atoms with van der Waals surface area (Å²) in [5.74, 6) is 5.71. The maximum Gasteiger partial charge on any atom is 0.233 e. The summed E-state index contributed by atoms with van der Waals surface area (Å²) in [4.78, 5) is 12.1. The summed E-state index contributed by atoms with van der Waals surface area (Å²) in [6, 6.07) is 5.63. The molecule has 1 rings (SSSR count). The molecule has 1 aromatic carbocycles. The third-order valence-corrected chi connectivity index (χ3v) is 3.81. The lowest BCUT2D eigenvalue weighted by molar-refractivity contribution is -0.121. The van der Waals surface area contributed by atoms with E-state index in [2.05, 4.69) is 12.3 Å². The Balaban J connectivity index is 2.59. The first-order valence-electron chi connectivity index (χ1n) is 6.25. The Labute approximate surface area is 118 Å². The van der Waals surface area contributed by atoms with Crippen LogP contribution < -0.4 is 21.7 Å². The van der Waals surface area contributed by atoms with Crippen molar-refractivity contribution >= 4 is 23.4 Å².